The fraction of sp³-hybridized carbons (Fsp3) is 0.211. The largest absolute Gasteiger partial charge is 0.496 e. The summed E-state index contributed by atoms with van der Waals surface area (Å²) >= 11 is 0. The van der Waals surface area contributed by atoms with E-state index in [4.69, 9.17) is 9.26 Å². The van der Waals surface area contributed by atoms with Crippen LogP contribution in [0.4, 0.5) is 0 Å². The molecule has 1 heterocycles. The van der Waals surface area contributed by atoms with Crippen LogP contribution in [0.1, 0.15) is 11.3 Å². The van der Waals surface area contributed by atoms with Gasteiger partial charge in [-0.25, -0.2) is 13.1 Å². The van der Waals surface area contributed by atoms with Crippen molar-refractivity contribution in [2.24, 2.45) is 0 Å². The van der Waals surface area contributed by atoms with Crippen LogP contribution in [0.15, 0.2) is 64.0 Å². The van der Waals surface area contributed by atoms with Crippen molar-refractivity contribution in [1.82, 2.24) is 9.88 Å². The monoisotopic (exact) mass is 372 g/mol. The number of benzene rings is 2. The van der Waals surface area contributed by atoms with Crippen LogP contribution in [0.2, 0.25) is 0 Å². The van der Waals surface area contributed by atoms with Gasteiger partial charge in [0.15, 0.2) is 5.76 Å². The lowest BCUT2D eigenvalue weighted by molar-refractivity contribution is 0.411. The van der Waals surface area contributed by atoms with Gasteiger partial charge in [-0.15, -0.1) is 0 Å². The van der Waals surface area contributed by atoms with Gasteiger partial charge in [0.1, 0.15) is 5.75 Å². The van der Waals surface area contributed by atoms with Gasteiger partial charge in [0.25, 0.3) is 0 Å². The maximum absolute atomic E-state index is 12.4. The molecule has 6 nitrogen and oxygen atoms in total. The molecule has 1 aromatic heterocycles. The molecule has 3 rings (SSSR count). The van der Waals surface area contributed by atoms with Gasteiger partial charge in [0.2, 0.25) is 10.0 Å². The van der Waals surface area contributed by atoms with Gasteiger partial charge in [-0.1, -0.05) is 35.5 Å². The van der Waals surface area contributed by atoms with E-state index >= 15 is 0 Å². The topological polar surface area (TPSA) is 81.4 Å². The molecule has 0 amide bonds. The Bertz CT molecular complexity index is 982. The second-order valence-corrected chi connectivity index (χ2v) is 7.59. The van der Waals surface area contributed by atoms with E-state index < -0.39 is 10.0 Å². The minimum atomic E-state index is -3.59. The maximum Gasteiger partial charge on any atom is 0.240 e. The summed E-state index contributed by atoms with van der Waals surface area (Å²) in [5.74, 6) is 1.31. The quantitative estimate of drug-likeness (QED) is 0.689. The van der Waals surface area contributed by atoms with Crippen molar-refractivity contribution in [2.45, 2.75) is 18.2 Å². The number of nitrogens with one attached hydrogen (secondary N) is 1. The highest BCUT2D eigenvalue weighted by atomic mass is 32.2. The zero-order valence-corrected chi connectivity index (χ0v) is 15.4. The second kappa shape index (κ2) is 7.72. The Morgan fingerprint density at radius 2 is 1.88 bits per heavy atom. The van der Waals surface area contributed by atoms with Crippen molar-refractivity contribution in [1.29, 1.82) is 0 Å². The molecule has 0 aliphatic rings. The molecule has 2 aromatic carbocycles. The highest BCUT2D eigenvalue weighted by Gasteiger charge is 2.15. The number of sulfonamides is 1. The Labute approximate surface area is 152 Å². The summed E-state index contributed by atoms with van der Waals surface area (Å²) in [6, 6.07) is 16.2. The maximum atomic E-state index is 12.4. The third-order valence-corrected chi connectivity index (χ3v) is 5.43. The minimum absolute atomic E-state index is 0.209. The van der Waals surface area contributed by atoms with Gasteiger partial charge in [0.05, 0.1) is 17.7 Å². The van der Waals surface area contributed by atoms with Crippen LogP contribution in [-0.4, -0.2) is 27.2 Å². The van der Waals surface area contributed by atoms with Crippen molar-refractivity contribution in [3.8, 4) is 17.1 Å². The summed E-state index contributed by atoms with van der Waals surface area (Å²) in [7, 11) is -2.04. The Morgan fingerprint density at radius 3 is 2.58 bits per heavy atom. The highest BCUT2D eigenvalue weighted by molar-refractivity contribution is 7.89. The highest BCUT2D eigenvalue weighted by Crippen LogP contribution is 2.22. The van der Waals surface area contributed by atoms with E-state index in [9.17, 15) is 8.42 Å². The zero-order valence-electron chi connectivity index (χ0n) is 14.6. The van der Waals surface area contributed by atoms with Crippen LogP contribution >= 0.6 is 0 Å². The first-order valence-electron chi connectivity index (χ1n) is 8.15. The molecule has 0 aliphatic carbocycles. The van der Waals surface area contributed by atoms with E-state index in [1.807, 2.05) is 36.4 Å². The summed E-state index contributed by atoms with van der Waals surface area (Å²) in [6.45, 7) is 2.03. The predicted molar refractivity (Wildman–Crippen MR) is 98.6 cm³/mol. The molecule has 26 heavy (non-hydrogen) atoms. The first kappa shape index (κ1) is 18.2. The van der Waals surface area contributed by atoms with Crippen molar-refractivity contribution in [3.63, 3.8) is 0 Å². The Morgan fingerprint density at radius 1 is 1.12 bits per heavy atom. The zero-order chi connectivity index (χ0) is 18.6. The molecule has 3 aromatic rings. The van der Waals surface area contributed by atoms with E-state index in [2.05, 4.69) is 9.88 Å². The predicted octanol–water partition coefficient (Wildman–Crippen LogP) is 3.18. The number of hydrogen-bond acceptors (Lipinski definition) is 5. The van der Waals surface area contributed by atoms with Gasteiger partial charge in [-0.3, -0.25) is 0 Å². The average molecular weight is 372 g/mol. The lowest BCUT2D eigenvalue weighted by Gasteiger charge is -2.09. The van der Waals surface area contributed by atoms with Crippen molar-refractivity contribution in [3.05, 3.63) is 65.9 Å². The van der Waals surface area contributed by atoms with Gasteiger partial charge in [-0.05, 0) is 30.7 Å². The molecule has 0 saturated carbocycles. The fourth-order valence-corrected chi connectivity index (χ4v) is 3.70. The number of aryl methyl sites for hydroxylation is 1. The molecular formula is C19H20N2O4S. The van der Waals surface area contributed by atoms with Crippen LogP contribution in [0.3, 0.4) is 0 Å². The molecule has 0 aliphatic heterocycles. The first-order chi connectivity index (χ1) is 12.5. The summed E-state index contributed by atoms with van der Waals surface area (Å²) in [5.41, 5.74) is 2.39. The van der Waals surface area contributed by atoms with Gasteiger partial charge < -0.3 is 9.26 Å². The van der Waals surface area contributed by atoms with Crippen LogP contribution in [0.25, 0.3) is 11.3 Å². The van der Waals surface area contributed by atoms with Gasteiger partial charge in [0, 0.05) is 24.6 Å². The standard InChI is InChI=1S/C19H20N2O4S/c1-14-12-17(8-9-18(14)24-2)26(22,23)20-11-10-16-13-19(25-21-16)15-6-4-3-5-7-15/h3-9,12-13,20H,10-11H2,1-2H3. The molecule has 136 valence electrons. The normalized spacial score (nSPS) is 11.5. The van der Waals surface area contributed by atoms with E-state index in [-0.39, 0.29) is 11.4 Å². The van der Waals surface area contributed by atoms with E-state index in [0.717, 1.165) is 11.1 Å². The molecule has 0 radical (unpaired) electrons. The summed E-state index contributed by atoms with van der Waals surface area (Å²) in [6.07, 6.45) is 0.435. The average Bonchev–Trinajstić information content (AvgIpc) is 3.11. The summed E-state index contributed by atoms with van der Waals surface area (Å²) in [5, 5.41) is 4.00. The molecule has 7 heteroatoms. The van der Waals surface area contributed by atoms with Crippen LogP contribution in [0, 0.1) is 6.92 Å². The lowest BCUT2D eigenvalue weighted by Crippen LogP contribution is -2.26. The lowest BCUT2D eigenvalue weighted by atomic mass is 10.1. The molecule has 0 spiro atoms. The smallest absolute Gasteiger partial charge is 0.240 e. The number of hydrogen-bond donors (Lipinski definition) is 1. The molecule has 0 saturated heterocycles. The SMILES string of the molecule is COc1ccc(S(=O)(=O)NCCc2cc(-c3ccccc3)on2)cc1C. The van der Waals surface area contributed by atoms with Crippen LogP contribution < -0.4 is 9.46 Å². The Balaban J connectivity index is 1.62. The number of nitrogens with zero attached hydrogens (tertiary/aromatic N) is 1. The van der Waals surface area contributed by atoms with Crippen LogP contribution in [-0.2, 0) is 16.4 Å². The number of methoxy groups -OCH3 is 1. The first-order valence-corrected chi connectivity index (χ1v) is 9.63. The number of ether oxygens (including phenoxy) is 1. The number of rotatable bonds is 7. The molecule has 0 unspecified atom stereocenters. The summed E-state index contributed by atoms with van der Waals surface area (Å²) in [4.78, 5) is 0.209. The third kappa shape index (κ3) is 4.12. The van der Waals surface area contributed by atoms with E-state index in [1.54, 1.807) is 26.2 Å². The molecule has 1 N–H and O–H groups in total. The molecular weight excluding hydrogens is 352 g/mol. The second-order valence-electron chi connectivity index (χ2n) is 5.83. The third-order valence-electron chi connectivity index (χ3n) is 3.97. The Hall–Kier alpha value is -2.64. The van der Waals surface area contributed by atoms with Gasteiger partial charge in [-0.2, -0.15) is 0 Å². The van der Waals surface area contributed by atoms with Crippen molar-refractivity contribution >= 4 is 10.0 Å². The molecule has 0 atom stereocenters. The Kier molecular flexibility index (Phi) is 5.39. The fourth-order valence-electron chi connectivity index (χ4n) is 2.58. The van der Waals surface area contributed by atoms with Crippen molar-refractivity contribution < 1.29 is 17.7 Å². The molecule has 0 fully saturated rings. The number of aromatic nitrogens is 1. The minimum Gasteiger partial charge on any atom is -0.496 e. The van der Waals surface area contributed by atoms with E-state index in [1.165, 1.54) is 6.07 Å². The van der Waals surface area contributed by atoms with Crippen molar-refractivity contribution in [2.75, 3.05) is 13.7 Å². The van der Waals surface area contributed by atoms with E-state index in [0.29, 0.717) is 23.6 Å². The molecule has 0 bridgehead atoms. The van der Waals surface area contributed by atoms with Crippen LogP contribution in [0.5, 0.6) is 5.75 Å². The van der Waals surface area contributed by atoms with Gasteiger partial charge >= 0.3 is 0 Å². The summed E-state index contributed by atoms with van der Waals surface area (Å²) < 4.78 is 37.9.